The Hall–Kier alpha value is -3.06. The molecule has 2 aliphatic heterocycles. The molecular weight excluding hydrogens is 384 g/mol. The molecule has 0 bridgehead atoms. The van der Waals surface area contributed by atoms with E-state index in [4.69, 9.17) is 9.47 Å². The van der Waals surface area contributed by atoms with E-state index in [-0.39, 0.29) is 35.4 Å². The van der Waals surface area contributed by atoms with E-state index in [2.05, 4.69) is 23.5 Å². The zero-order valence-corrected chi connectivity index (χ0v) is 16.5. The molecule has 0 amide bonds. The quantitative estimate of drug-likeness (QED) is 0.424. The van der Waals surface area contributed by atoms with Gasteiger partial charge < -0.3 is 19.9 Å². The van der Waals surface area contributed by atoms with Crippen molar-refractivity contribution in [2.45, 2.75) is 37.3 Å². The number of hydrogen-bond donors (Lipinski definition) is 2. The highest BCUT2D eigenvalue weighted by molar-refractivity contribution is 5.63. The summed E-state index contributed by atoms with van der Waals surface area (Å²) in [5.74, 6) is 1.22. The minimum Gasteiger partial charge on any atom is -0.508 e. The molecule has 4 atom stereocenters. The van der Waals surface area contributed by atoms with E-state index >= 15 is 0 Å². The molecule has 0 aromatic heterocycles. The molecule has 30 heavy (non-hydrogen) atoms. The maximum Gasteiger partial charge on any atom is 0.270 e. The lowest BCUT2D eigenvalue weighted by Crippen LogP contribution is -2.29. The fraction of sp³-hybridized carbons (Fsp3) is 0.391. The van der Waals surface area contributed by atoms with Gasteiger partial charge in [-0.25, -0.2) is 0 Å². The molecule has 4 unspecified atom stereocenters. The maximum absolute atomic E-state index is 11.2. The van der Waals surface area contributed by atoms with Crippen LogP contribution in [0.15, 0.2) is 48.6 Å². The van der Waals surface area contributed by atoms with Crippen LogP contribution in [0.1, 0.15) is 42.3 Å². The topological polar surface area (TPSA) is 93.9 Å². The molecule has 7 nitrogen and oxygen atoms in total. The van der Waals surface area contributed by atoms with Crippen molar-refractivity contribution in [3.8, 4) is 11.5 Å². The lowest BCUT2D eigenvalue weighted by Gasteiger charge is -2.37. The number of ether oxygens (including phenoxy) is 2. The third-order valence-electron chi connectivity index (χ3n) is 6.35. The van der Waals surface area contributed by atoms with Gasteiger partial charge in [-0.05, 0) is 55.0 Å². The van der Waals surface area contributed by atoms with E-state index in [9.17, 15) is 15.2 Å². The molecule has 2 aromatic rings. The van der Waals surface area contributed by atoms with E-state index in [0.29, 0.717) is 12.2 Å². The van der Waals surface area contributed by atoms with Crippen LogP contribution in [0.2, 0.25) is 0 Å². The van der Waals surface area contributed by atoms with Crippen LogP contribution in [0, 0.1) is 16.0 Å². The number of nitrogens with zero attached hydrogens (tertiary/aromatic N) is 1. The Balaban J connectivity index is 1.43. The first-order valence-electron chi connectivity index (χ1n) is 10.4. The van der Waals surface area contributed by atoms with Crippen LogP contribution < -0.4 is 10.1 Å². The van der Waals surface area contributed by atoms with Gasteiger partial charge in [-0.3, -0.25) is 10.1 Å². The Morgan fingerprint density at radius 3 is 2.93 bits per heavy atom. The predicted octanol–water partition coefficient (Wildman–Crippen LogP) is 4.68. The number of rotatable bonds is 5. The highest BCUT2D eigenvalue weighted by Crippen LogP contribution is 2.52. The van der Waals surface area contributed by atoms with Crippen molar-refractivity contribution in [3.63, 3.8) is 0 Å². The summed E-state index contributed by atoms with van der Waals surface area (Å²) >= 11 is 0. The number of anilines is 1. The summed E-state index contributed by atoms with van der Waals surface area (Å²) in [6.07, 6.45) is 7.46. The molecule has 0 saturated carbocycles. The number of phenolic OH excluding ortho intramolecular Hbond substituents is 1. The minimum absolute atomic E-state index is 0.0178. The Labute approximate surface area is 174 Å². The third-order valence-corrected chi connectivity index (χ3v) is 6.35. The predicted molar refractivity (Wildman–Crippen MR) is 112 cm³/mol. The van der Waals surface area contributed by atoms with Gasteiger partial charge in [0, 0.05) is 35.9 Å². The molecule has 7 heteroatoms. The number of nitro groups is 1. The van der Waals surface area contributed by atoms with Gasteiger partial charge in [-0.1, -0.05) is 12.2 Å². The maximum atomic E-state index is 11.2. The molecule has 2 aromatic carbocycles. The molecule has 5 rings (SSSR count). The summed E-state index contributed by atoms with van der Waals surface area (Å²) < 4.78 is 11.6. The van der Waals surface area contributed by atoms with Crippen molar-refractivity contribution in [1.82, 2.24) is 0 Å². The number of fused-ring (bicyclic) bond motifs is 3. The number of allylic oxidation sites excluding steroid dienone is 2. The number of nitrogens with one attached hydrogen (secondary N) is 1. The summed E-state index contributed by atoms with van der Waals surface area (Å²) in [6, 6.07) is 10.0. The first-order valence-corrected chi connectivity index (χ1v) is 10.4. The van der Waals surface area contributed by atoms with Crippen molar-refractivity contribution >= 4 is 11.4 Å². The van der Waals surface area contributed by atoms with Crippen LogP contribution in [-0.4, -0.2) is 29.3 Å². The second-order valence-corrected chi connectivity index (χ2v) is 8.17. The van der Waals surface area contributed by atoms with Gasteiger partial charge in [0.1, 0.15) is 18.1 Å². The van der Waals surface area contributed by atoms with Crippen LogP contribution in [-0.2, 0) is 4.74 Å². The minimum atomic E-state index is -0.429. The van der Waals surface area contributed by atoms with Gasteiger partial charge in [0.25, 0.3) is 5.69 Å². The third kappa shape index (κ3) is 3.39. The molecule has 156 valence electrons. The Bertz CT molecular complexity index is 999. The molecular formula is C23H24N2O5. The number of nitro benzene ring substituents is 1. The van der Waals surface area contributed by atoms with E-state index in [1.54, 1.807) is 0 Å². The normalized spacial score (nSPS) is 26.7. The largest absolute Gasteiger partial charge is 0.508 e. The number of hydrogen-bond acceptors (Lipinski definition) is 6. The van der Waals surface area contributed by atoms with Gasteiger partial charge in [-0.2, -0.15) is 0 Å². The number of non-ortho nitro benzene ring substituents is 1. The molecule has 2 N–H and O–H groups in total. The molecule has 0 radical (unpaired) electrons. The molecule has 3 aliphatic rings. The Kier molecular flexibility index (Phi) is 4.83. The van der Waals surface area contributed by atoms with Crippen LogP contribution >= 0.6 is 0 Å². The lowest BCUT2D eigenvalue weighted by atomic mass is 9.76. The van der Waals surface area contributed by atoms with Gasteiger partial charge in [0.2, 0.25) is 0 Å². The van der Waals surface area contributed by atoms with E-state index in [0.717, 1.165) is 42.9 Å². The number of aromatic hydroxyl groups is 1. The van der Waals surface area contributed by atoms with E-state index in [1.807, 2.05) is 12.1 Å². The second-order valence-electron chi connectivity index (χ2n) is 8.17. The smallest absolute Gasteiger partial charge is 0.270 e. The average molecular weight is 408 g/mol. The summed E-state index contributed by atoms with van der Waals surface area (Å²) in [5.41, 5.74) is 2.66. The van der Waals surface area contributed by atoms with Gasteiger partial charge in [-0.15, -0.1) is 0 Å². The van der Waals surface area contributed by atoms with Crippen LogP contribution in [0.25, 0.3) is 0 Å². The number of benzene rings is 2. The summed E-state index contributed by atoms with van der Waals surface area (Å²) in [7, 11) is 0. The van der Waals surface area contributed by atoms with Crippen molar-refractivity contribution < 1.29 is 19.5 Å². The first kappa shape index (κ1) is 18.9. The monoisotopic (exact) mass is 408 g/mol. The summed E-state index contributed by atoms with van der Waals surface area (Å²) in [5, 5.41) is 25.2. The summed E-state index contributed by atoms with van der Waals surface area (Å²) in [4.78, 5) is 10.8. The highest BCUT2D eigenvalue weighted by Gasteiger charge is 2.39. The standard InChI is InChI=1S/C23H24N2O5/c26-22-9-6-14(25(27)28)11-20(22)23-18-5-1-4-17(18)19-12-15(7-8-21(19)24-23)30-13-16-3-2-10-29-16/h1,4,6-9,11-12,16-18,23-24,26H,2-3,5,10,13H2. The zero-order chi connectivity index (χ0) is 20.7. The van der Waals surface area contributed by atoms with Crippen LogP contribution in [0.4, 0.5) is 11.4 Å². The van der Waals surface area contributed by atoms with Crippen molar-refractivity contribution in [2.75, 3.05) is 18.5 Å². The van der Waals surface area contributed by atoms with E-state index in [1.165, 1.54) is 18.2 Å². The number of phenols is 1. The van der Waals surface area contributed by atoms with Crippen molar-refractivity contribution in [3.05, 3.63) is 69.8 Å². The van der Waals surface area contributed by atoms with E-state index < -0.39 is 4.92 Å². The molecule has 0 spiro atoms. The van der Waals surface area contributed by atoms with Gasteiger partial charge in [0.15, 0.2) is 0 Å². The average Bonchev–Trinajstić information content (AvgIpc) is 3.44. The van der Waals surface area contributed by atoms with Crippen molar-refractivity contribution in [1.29, 1.82) is 0 Å². The Morgan fingerprint density at radius 1 is 1.23 bits per heavy atom. The lowest BCUT2D eigenvalue weighted by molar-refractivity contribution is -0.385. The van der Waals surface area contributed by atoms with Crippen LogP contribution in [0.3, 0.4) is 0 Å². The SMILES string of the molecule is O=[N+]([O-])c1ccc(O)c(C2Nc3ccc(OCC4CCCO4)cc3C3C=CCC32)c1. The molecule has 1 aliphatic carbocycles. The molecule has 1 saturated heterocycles. The Morgan fingerprint density at radius 2 is 2.13 bits per heavy atom. The fourth-order valence-electron chi connectivity index (χ4n) is 4.84. The highest BCUT2D eigenvalue weighted by atomic mass is 16.6. The molecule has 1 fully saturated rings. The molecule has 2 heterocycles. The van der Waals surface area contributed by atoms with Gasteiger partial charge >= 0.3 is 0 Å². The van der Waals surface area contributed by atoms with Crippen molar-refractivity contribution in [2.24, 2.45) is 5.92 Å². The van der Waals surface area contributed by atoms with Crippen LogP contribution in [0.5, 0.6) is 11.5 Å². The first-order chi connectivity index (χ1) is 14.6. The second kappa shape index (κ2) is 7.65. The summed E-state index contributed by atoms with van der Waals surface area (Å²) in [6.45, 7) is 1.36. The van der Waals surface area contributed by atoms with Gasteiger partial charge in [0.05, 0.1) is 17.1 Å². The zero-order valence-electron chi connectivity index (χ0n) is 16.5. The fourth-order valence-corrected chi connectivity index (χ4v) is 4.84.